The molecule has 27 heavy (non-hydrogen) atoms. The van der Waals surface area contributed by atoms with E-state index in [0.717, 1.165) is 15.1 Å². The van der Waals surface area contributed by atoms with Crippen molar-refractivity contribution >= 4 is 40.5 Å². The van der Waals surface area contributed by atoms with Gasteiger partial charge in [-0.1, -0.05) is 6.92 Å². The predicted octanol–water partition coefficient (Wildman–Crippen LogP) is 2.80. The Kier molecular flexibility index (Phi) is 7.24. The van der Waals surface area contributed by atoms with Gasteiger partial charge in [-0.25, -0.2) is 14.8 Å². The Morgan fingerprint density at radius 2 is 1.85 bits per heavy atom. The van der Waals surface area contributed by atoms with Crippen LogP contribution >= 0.6 is 22.6 Å². The maximum atomic E-state index is 12.2. The first-order valence-electron chi connectivity index (χ1n) is 8.92. The molecule has 2 rings (SSSR count). The second kappa shape index (κ2) is 9.03. The van der Waals surface area contributed by atoms with Crippen LogP contribution in [0.2, 0.25) is 0 Å². The van der Waals surface area contributed by atoms with Gasteiger partial charge in [-0.2, -0.15) is 0 Å². The highest BCUT2D eigenvalue weighted by Gasteiger charge is 2.29. The van der Waals surface area contributed by atoms with Gasteiger partial charge in [0.2, 0.25) is 0 Å². The minimum absolute atomic E-state index is 0.0653. The average Bonchev–Trinajstić information content (AvgIpc) is 2.59. The lowest BCUT2D eigenvalue weighted by Crippen LogP contribution is -2.50. The molecule has 0 bridgehead atoms. The zero-order valence-corrected chi connectivity index (χ0v) is 18.6. The number of carbonyl (C=O) groups is 2. The molecular formula is C18H27IN4O4. The van der Waals surface area contributed by atoms with Crippen LogP contribution in [0, 0.1) is 3.70 Å². The van der Waals surface area contributed by atoms with Crippen LogP contribution in [-0.2, 0) is 14.3 Å². The third kappa shape index (κ3) is 5.91. The van der Waals surface area contributed by atoms with Crippen molar-refractivity contribution in [2.75, 3.05) is 38.2 Å². The Morgan fingerprint density at radius 1 is 1.22 bits per heavy atom. The lowest BCUT2D eigenvalue weighted by molar-refractivity contribution is -0.140. The largest absolute Gasteiger partial charge is 0.469 e. The normalized spacial score (nSPS) is 16.1. The molecule has 1 atom stereocenters. The van der Waals surface area contributed by atoms with Crippen molar-refractivity contribution in [2.24, 2.45) is 0 Å². The first-order chi connectivity index (χ1) is 12.6. The SMILES string of the molecule is COC(=O)CC(C)c1c(I)ncnc1N1CCN(C(=O)OC(C)(C)C)CC1. The number of rotatable bonds is 4. The molecule has 1 amide bonds. The maximum absolute atomic E-state index is 12.2. The lowest BCUT2D eigenvalue weighted by atomic mass is 9.99. The van der Waals surface area contributed by atoms with E-state index in [0.29, 0.717) is 26.2 Å². The van der Waals surface area contributed by atoms with Gasteiger partial charge in [0.25, 0.3) is 0 Å². The molecule has 1 fully saturated rings. The molecule has 1 aromatic heterocycles. The summed E-state index contributed by atoms with van der Waals surface area (Å²) in [7, 11) is 1.39. The van der Waals surface area contributed by atoms with Gasteiger partial charge in [0.15, 0.2) is 0 Å². The van der Waals surface area contributed by atoms with Crippen LogP contribution in [-0.4, -0.2) is 65.8 Å². The van der Waals surface area contributed by atoms with Crippen molar-refractivity contribution in [3.05, 3.63) is 15.6 Å². The van der Waals surface area contributed by atoms with E-state index in [2.05, 4.69) is 37.5 Å². The van der Waals surface area contributed by atoms with Crippen molar-refractivity contribution in [3.63, 3.8) is 0 Å². The van der Waals surface area contributed by atoms with Crippen molar-refractivity contribution in [1.82, 2.24) is 14.9 Å². The fraction of sp³-hybridized carbons (Fsp3) is 0.667. The van der Waals surface area contributed by atoms with Gasteiger partial charge in [0.1, 0.15) is 21.4 Å². The van der Waals surface area contributed by atoms with E-state index in [-0.39, 0.29) is 24.4 Å². The average molecular weight is 490 g/mol. The third-order valence-electron chi connectivity index (χ3n) is 4.24. The molecule has 9 heteroatoms. The molecule has 0 saturated carbocycles. The number of nitrogens with zero attached hydrogens (tertiary/aromatic N) is 4. The highest BCUT2D eigenvalue weighted by molar-refractivity contribution is 14.1. The zero-order chi connectivity index (χ0) is 20.2. The number of methoxy groups -OCH3 is 1. The fourth-order valence-corrected chi connectivity index (χ4v) is 3.80. The molecule has 8 nitrogen and oxygen atoms in total. The molecule has 0 N–H and O–H groups in total. The Labute approximate surface area is 173 Å². The molecule has 0 spiro atoms. The summed E-state index contributed by atoms with van der Waals surface area (Å²) in [5.41, 5.74) is 0.433. The number of ether oxygens (including phenoxy) is 2. The van der Waals surface area contributed by atoms with Gasteiger partial charge >= 0.3 is 12.1 Å². The summed E-state index contributed by atoms with van der Waals surface area (Å²) < 4.78 is 11.1. The van der Waals surface area contributed by atoms with Crippen molar-refractivity contribution < 1.29 is 19.1 Å². The highest BCUT2D eigenvalue weighted by atomic mass is 127. The standard InChI is InChI=1S/C18H27IN4O4/c1-12(10-13(24)26-5)14-15(19)20-11-21-16(14)22-6-8-23(9-7-22)17(25)27-18(2,3)4/h11-12H,6-10H2,1-5H3. The van der Waals surface area contributed by atoms with Crippen LogP contribution in [0.1, 0.15) is 45.6 Å². The lowest BCUT2D eigenvalue weighted by Gasteiger charge is -2.37. The summed E-state index contributed by atoms with van der Waals surface area (Å²) in [5, 5.41) is 0. The number of piperazine rings is 1. The first-order valence-corrected chi connectivity index (χ1v) is 10.0. The molecule has 1 saturated heterocycles. The number of halogens is 1. The predicted molar refractivity (Wildman–Crippen MR) is 110 cm³/mol. The number of hydrogen-bond acceptors (Lipinski definition) is 7. The number of aromatic nitrogens is 2. The molecule has 0 aromatic carbocycles. The monoisotopic (exact) mass is 490 g/mol. The van der Waals surface area contributed by atoms with Crippen molar-refractivity contribution in [2.45, 2.75) is 45.6 Å². The molecule has 150 valence electrons. The number of carbonyl (C=O) groups excluding carboxylic acids is 2. The van der Waals surface area contributed by atoms with Gasteiger partial charge in [0, 0.05) is 31.7 Å². The van der Waals surface area contributed by atoms with Crippen LogP contribution in [0.15, 0.2) is 6.33 Å². The number of anilines is 1. The van der Waals surface area contributed by atoms with Crippen molar-refractivity contribution in [1.29, 1.82) is 0 Å². The Hall–Kier alpha value is -1.65. The zero-order valence-electron chi connectivity index (χ0n) is 16.5. The van der Waals surface area contributed by atoms with Crippen molar-refractivity contribution in [3.8, 4) is 0 Å². The first kappa shape index (κ1) is 21.6. The maximum Gasteiger partial charge on any atom is 0.410 e. The van der Waals surface area contributed by atoms with E-state index in [1.54, 1.807) is 4.90 Å². The van der Waals surface area contributed by atoms with E-state index >= 15 is 0 Å². The molecule has 1 aliphatic heterocycles. The fourth-order valence-electron chi connectivity index (χ4n) is 2.90. The van der Waals surface area contributed by atoms with Crippen LogP contribution in [0.5, 0.6) is 0 Å². The van der Waals surface area contributed by atoms with Gasteiger partial charge in [-0.3, -0.25) is 4.79 Å². The smallest absolute Gasteiger partial charge is 0.410 e. The minimum atomic E-state index is -0.506. The molecule has 0 aliphatic carbocycles. The quantitative estimate of drug-likeness (QED) is 0.365. The summed E-state index contributed by atoms with van der Waals surface area (Å²) in [5.74, 6) is 0.488. The van der Waals surface area contributed by atoms with Crippen LogP contribution in [0.25, 0.3) is 0 Å². The minimum Gasteiger partial charge on any atom is -0.469 e. The number of esters is 1. The Bertz CT molecular complexity index is 684. The van der Waals surface area contributed by atoms with E-state index < -0.39 is 5.60 Å². The van der Waals surface area contributed by atoms with Gasteiger partial charge in [-0.15, -0.1) is 0 Å². The van der Waals surface area contributed by atoms with Crippen LogP contribution < -0.4 is 4.90 Å². The summed E-state index contributed by atoms with van der Waals surface area (Å²) >= 11 is 2.17. The van der Waals surface area contributed by atoms with E-state index in [4.69, 9.17) is 9.47 Å². The van der Waals surface area contributed by atoms with Crippen LogP contribution in [0.4, 0.5) is 10.6 Å². The van der Waals surface area contributed by atoms with Crippen LogP contribution in [0.3, 0.4) is 0 Å². The Morgan fingerprint density at radius 3 is 2.41 bits per heavy atom. The van der Waals surface area contributed by atoms with E-state index in [1.807, 2.05) is 27.7 Å². The molecular weight excluding hydrogens is 463 g/mol. The van der Waals surface area contributed by atoms with Gasteiger partial charge in [-0.05, 0) is 49.3 Å². The third-order valence-corrected chi connectivity index (χ3v) is 5.10. The van der Waals surface area contributed by atoms with Gasteiger partial charge < -0.3 is 19.3 Å². The summed E-state index contributed by atoms with van der Waals surface area (Å²) in [6.07, 6.45) is 1.51. The molecule has 0 radical (unpaired) electrons. The number of hydrogen-bond donors (Lipinski definition) is 0. The molecule has 1 aliphatic rings. The topological polar surface area (TPSA) is 84.9 Å². The van der Waals surface area contributed by atoms with E-state index in [1.165, 1.54) is 13.4 Å². The van der Waals surface area contributed by atoms with Gasteiger partial charge in [0.05, 0.1) is 13.5 Å². The number of amides is 1. The summed E-state index contributed by atoms with van der Waals surface area (Å²) in [6, 6.07) is 0. The molecule has 1 unspecified atom stereocenters. The molecule has 2 heterocycles. The second-order valence-corrected chi connectivity index (χ2v) is 8.56. The molecule has 1 aromatic rings. The highest BCUT2D eigenvalue weighted by Crippen LogP contribution is 2.31. The summed E-state index contributed by atoms with van der Waals surface area (Å²) in [6.45, 7) is 9.95. The Balaban J connectivity index is 2.11. The summed E-state index contributed by atoms with van der Waals surface area (Å²) in [4.78, 5) is 36.5. The van der Waals surface area contributed by atoms with E-state index in [9.17, 15) is 9.59 Å². The second-order valence-electron chi connectivity index (χ2n) is 7.54.